The van der Waals surface area contributed by atoms with Gasteiger partial charge in [-0.25, -0.2) is 14.8 Å². The molecule has 5 rings (SSSR count). The molecule has 0 aliphatic carbocycles. The van der Waals surface area contributed by atoms with E-state index < -0.39 is 29.5 Å². The van der Waals surface area contributed by atoms with Crippen LogP contribution in [0.4, 0.5) is 5.13 Å². The number of benzene rings is 1. The number of carbonyl (C=O) groups excluding carboxylic acids is 3. The van der Waals surface area contributed by atoms with Crippen molar-refractivity contribution in [1.29, 1.82) is 0 Å². The third-order valence-corrected chi connectivity index (χ3v) is 7.77. The van der Waals surface area contributed by atoms with Gasteiger partial charge in [0.25, 0.3) is 5.78 Å². The number of thiazole rings is 1. The Balaban J connectivity index is 1.73. The van der Waals surface area contributed by atoms with Crippen molar-refractivity contribution in [3.63, 3.8) is 0 Å². The molecule has 1 unspecified atom stereocenters. The number of amides is 1. The highest BCUT2D eigenvalue weighted by molar-refractivity contribution is 7.17. The molecular weight excluding hydrogens is 520 g/mol. The summed E-state index contributed by atoms with van der Waals surface area (Å²) < 4.78 is 12.2. The fourth-order valence-electron chi connectivity index (χ4n) is 4.68. The fourth-order valence-corrected chi connectivity index (χ4v) is 5.66. The number of hydrogen-bond donors (Lipinski definition) is 1. The van der Waals surface area contributed by atoms with Gasteiger partial charge in [-0.15, -0.1) is 0 Å². The van der Waals surface area contributed by atoms with Crippen molar-refractivity contribution in [2.45, 2.75) is 33.7 Å². The molecule has 1 fully saturated rings. The predicted octanol–water partition coefficient (Wildman–Crippen LogP) is 4.53. The number of Topliss-reactive ketones (excluding diaryl/α,β-unsaturated/α-hetero) is 1. The molecule has 11 heteroatoms. The van der Waals surface area contributed by atoms with E-state index in [0.29, 0.717) is 28.3 Å². The highest BCUT2D eigenvalue weighted by Gasteiger charge is 2.49. The quantitative estimate of drug-likeness (QED) is 0.162. The standard InChI is InChI=1S/C28H26N4O6S/c1-6-38-27(36)24-15(3)29-28(39-24)32-21(17-9-11-18(37-5)12-10-17)19(23(34)26(32)35)22(33)20-16(4)31-13-7-8-14(2)25(31)30-20/h7-13,21,33H,6H2,1-5H3. The summed E-state index contributed by atoms with van der Waals surface area (Å²) in [5.74, 6) is -2.13. The summed E-state index contributed by atoms with van der Waals surface area (Å²) in [6, 6.07) is 9.56. The van der Waals surface area contributed by atoms with Crippen molar-refractivity contribution in [2.24, 2.45) is 0 Å². The minimum absolute atomic E-state index is 0.125. The number of pyridine rings is 1. The number of ketones is 1. The Morgan fingerprint density at radius 1 is 1.10 bits per heavy atom. The van der Waals surface area contributed by atoms with Crippen molar-refractivity contribution >= 4 is 45.5 Å². The zero-order chi connectivity index (χ0) is 28.0. The van der Waals surface area contributed by atoms with Gasteiger partial charge in [0.1, 0.15) is 22.0 Å². The first kappa shape index (κ1) is 26.1. The average molecular weight is 547 g/mol. The van der Waals surface area contributed by atoms with Crippen molar-refractivity contribution in [3.8, 4) is 5.75 Å². The summed E-state index contributed by atoms with van der Waals surface area (Å²) >= 11 is 0.954. The Morgan fingerprint density at radius 3 is 2.46 bits per heavy atom. The third kappa shape index (κ3) is 4.24. The minimum atomic E-state index is -1.03. The van der Waals surface area contributed by atoms with Gasteiger partial charge >= 0.3 is 11.9 Å². The first-order valence-electron chi connectivity index (χ1n) is 12.2. The molecule has 0 saturated carbocycles. The van der Waals surface area contributed by atoms with Gasteiger partial charge in [0.05, 0.1) is 36.7 Å². The van der Waals surface area contributed by atoms with Crippen molar-refractivity contribution in [1.82, 2.24) is 14.4 Å². The summed E-state index contributed by atoms with van der Waals surface area (Å²) in [4.78, 5) is 50.0. The lowest BCUT2D eigenvalue weighted by atomic mass is 9.96. The van der Waals surface area contributed by atoms with Gasteiger partial charge in [-0.2, -0.15) is 0 Å². The number of aliphatic hydroxyl groups excluding tert-OH is 1. The molecule has 1 aliphatic rings. The van der Waals surface area contributed by atoms with Crippen molar-refractivity contribution < 1.29 is 29.0 Å². The van der Waals surface area contributed by atoms with Crippen LogP contribution < -0.4 is 9.64 Å². The number of hydrogen-bond acceptors (Lipinski definition) is 9. The van der Waals surface area contributed by atoms with E-state index in [1.54, 1.807) is 45.0 Å². The van der Waals surface area contributed by atoms with Gasteiger partial charge < -0.3 is 19.0 Å². The number of aromatic nitrogens is 3. The van der Waals surface area contributed by atoms with Crippen LogP contribution in [0.2, 0.25) is 0 Å². The number of aryl methyl sites for hydroxylation is 3. The number of ether oxygens (including phenoxy) is 2. The largest absolute Gasteiger partial charge is 0.505 e. The maximum absolute atomic E-state index is 13.5. The SMILES string of the molecule is CCOC(=O)c1sc(N2C(=O)C(=O)C(=C(O)c3nc4c(C)cccn4c3C)C2c2ccc(OC)cc2)nc1C. The van der Waals surface area contributed by atoms with Crippen LogP contribution in [0.1, 0.15) is 50.8 Å². The molecule has 1 saturated heterocycles. The molecule has 1 aromatic carbocycles. The number of nitrogens with zero attached hydrogens (tertiary/aromatic N) is 4. The molecule has 0 spiro atoms. The molecule has 0 bridgehead atoms. The van der Waals surface area contributed by atoms with E-state index in [1.165, 1.54) is 12.0 Å². The highest BCUT2D eigenvalue weighted by Crippen LogP contribution is 2.44. The van der Waals surface area contributed by atoms with Crippen LogP contribution >= 0.6 is 11.3 Å². The second-order valence-electron chi connectivity index (χ2n) is 9.00. The first-order valence-corrected chi connectivity index (χ1v) is 13.0. The van der Waals surface area contributed by atoms with E-state index in [1.807, 2.05) is 29.7 Å². The van der Waals surface area contributed by atoms with Gasteiger partial charge in [0, 0.05) is 6.20 Å². The highest BCUT2D eigenvalue weighted by atomic mass is 32.1. The number of rotatable bonds is 6. The van der Waals surface area contributed by atoms with Gasteiger partial charge in [0.2, 0.25) is 0 Å². The molecule has 1 amide bonds. The molecule has 1 atom stereocenters. The normalized spacial score (nSPS) is 16.7. The number of imidazole rings is 1. The summed E-state index contributed by atoms with van der Waals surface area (Å²) in [5.41, 5.74) is 3.11. The van der Waals surface area contributed by atoms with E-state index in [0.717, 1.165) is 16.9 Å². The van der Waals surface area contributed by atoms with Crippen LogP contribution in [0, 0.1) is 20.8 Å². The Kier molecular flexibility index (Phi) is 6.69. The molecule has 1 N–H and O–H groups in total. The van der Waals surface area contributed by atoms with Gasteiger partial charge in [-0.1, -0.05) is 29.5 Å². The summed E-state index contributed by atoms with van der Waals surface area (Å²) in [6.45, 7) is 7.18. The summed E-state index contributed by atoms with van der Waals surface area (Å²) in [5, 5.41) is 11.7. The maximum atomic E-state index is 13.5. The Bertz CT molecular complexity index is 1670. The summed E-state index contributed by atoms with van der Waals surface area (Å²) in [7, 11) is 1.53. The fraction of sp³-hybridized carbons (Fsp3) is 0.250. The van der Waals surface area contributed by atoms with Gasteiger partial charge in [-0.05, 0) is 57.0 Å². The van der Waals surface area contributed by atoms with E-state index in [9.17, 15) is 19.5 Å². The number of methoxy groups -OCH3 is 1. The van der Waals surface area contributed by atoms with Crippen LogP contribution in [-0.4, -0.2) is 50.9 Å². The van der Waals surface area contributed by atoms with E-state index in [4.69, 9.17) is 9.47 Å². The topological polar surface area (TPSA) is 123 Å². The lowest BCUT2D eigenvalue weighted by Gasteiger charge is -2.23. The van der Waals surface area contributed by atoms with Crippen LogP contribution in [0.25, 0.3) is 11.4 Å². The van der Waals surface area contributed by atoms with Crippen LogP contribution in [-0.2, 0) is 14.3 Å². The molecule has 4 heterocycles. The predicted molar refractivity (Wildman–Crippen MR) is 145 cm³/mol. The Labute approximate surface area is 228 Å². The molecular formula is C28H26N4O6S. The Morgan fingerprint density at radius 2 is 1.82 bits per heavy atom. The van der Waals surface area contributed by atoms with Gasteiger partial charge in [0.15, 0.2) is 10.9 Å². The van der Waals surface area contributed by atoms with Crippen molar-refractivity contribution in [2.75, 3.05) is 18.6 Å². The molecule has 1 aliphatic heterocycles. The number of anilines is 1. The number of fused-ring (bicyclic) bond motifs is 1. The smallest absolute Gasteiger partial charge is 0.350 e. The number of aliphatic hydroxyl groups is 1. The van der Waals surface area contributed by atoms with E-state index >= 15 is 0 Å². The molecule has 10 nitrogen and oxygen atoms in total. The molecule has 39 heavy (non-hydrogen) atoms. The monoisotopic (exact) mass is 546 g/mol. The molecule has 0 radical (unpaired) electrons. The van der Waals surface area contributed by atoms with Gasteiger partial charge in [-0.3, -0.25) is 14.5 Å². The minimum Gasteiger partial charge on any atom is -0.505 e. The second kappa shape index (κ2) is 9.99. The maximum Gasteiger partial charge on any atom is 0.350 e. The zero-order valence-electron chi connectivity index (χ0n) is 22.0. The average Bonchev–Trinajstić information content (AvgIpc) is 3.56. The molecule has 3 aromatic heterocycles. The lowest BCUT2D eigenvalue weighted by Crippen LogP contribution is -2.29. The zero-order valence-corrected chi connectivity index (χ0v) is 22.8. The summed E-state index contributed by atoms with van der Waals surface area (Å²) in [6.07, 6.45) is 1.82. The second-order valence-corrected chi connectivity index (χ2v) is 9.98. The van der Waals surface area contributed by atoms with Crippen molar-refractivity contribution in [3.05, 3.63) is 81.3 Å². The number of carbonyl (C=O) groups is 3. The molecule has 4 aromatic rings. The van der Waals surface area contributed by atoms with Crippen LogP contribution in [0.3, 0.4) is 0 Å². The van der Waals surface area contributed by atoms with E-state index in [-0.39, 0.29) is 27.9 Å². The van der Waals surface area contributed by atoms with Crippen LogP contribution in [0.15, 0.2) is 48.2 Å². The number of esters is 1. The third-order valence-electron chi connectivity index (χ3n) is 6.64. The van der Waals surface area contributed by atoms with Crippen LogP contribution in [0.5, 0.6) is 5.75 Å². The lowest BCUT2D eigenvalue weighted by molar-refractivity contribution is -0.132. The first-order chi connectivity index (χ1) is 18.7. The van der Waals surface area contributed by atoms with E-state index in [2.05, 4.69) is 9.97 Å². The molecule has 200 valence electrons. The Hall–Kier alpha value is -4.51.